The molecule has 0 saturated carbocycles. The topological polar surface area (TPSA) is 74.3 Å². The zero-order valence-corrected chi connectivity index (χ0v) is 16.9. The number of imide groups is 1. The molecule has 2 amide bonds. The summed E-state index contributed by atoms with van der Waals surface area (Å²) in [5.74, 6) is 1.79. The van der Waals surface area contributed by atoms with Crippen molar-refractivity contribution in [3.8, 4) is 23.0 Å². The third kappa shape index (κ3) is 3.60. The van der Waals surface area contributed by atoms with E-state index < -0.39 is 5.25 Å². The molecule has 1 atom stereocenters. The Morgan fingerprint density at radius 2 is 1.46 bits per heavy atom. The standard InChI is InChI=1S/C20H21NO6S/c1-24-14-8-6-5-7-13(14)21-19(22)18(28-20(21)23)10-12-9-16(26-3)17(27-4)11-15(12)25-2/h5-9,11,18H,10H2,1-4H3/t18-/m0/s1. The van der Waals surface area contributed by atoms with Gasteiger partial charge < -0.3 is 18.9 Å². The van der Waals surface area contributed by atoms with Gasteiger partial charge >= 0.3 is 0 Å². The number of rotatable bonds is 7. The molecule has 0 aromatic heterocycles. The number of anilines is 1. The van der Waals surface area contributed by atoms with Crippen molar-refractivity contribution in [2.24, 2.45) is 0 Å². The molecule has 1 aliphatic rings. The van der Waals surface area contributed by atoms with E-state index in [0.29, 0.717) is 35.1 Å². The molecule has 1 fully saturated rings. The number of carbonyl (C=O) groups excluding carboxylic acids is 2. The van der Waals surface area contributed by atoms with Gasteiger partial charge in [0, 0.05) is 6.07 Å². The molecule has 1 aliphatic heterocycles. The van der Waals surface area contributed by atoms with Crippen LogP contribution in [0.25, 0.3) is 0 Å². The SMILES string of the molecule is COc1cc(OC)c(OC)cc1C[C@@H]1SC(=O)N(c2ccccc2OC)C1=O. The number of amides is 2. The largest absolute Gasteiger partial charge is 0.496 e. The van der Waals surface area contributed by atoms with Crippen molar-refractivity contribution in [3.05, 3.63) is 42.0 Å². The molecule has 0 unspecified atom stereocenters. The normalized spacial score (nSPS) is 16.3. The second-order valence-corrected chi connectivity index (χ2v) is 7.10. The van der Waals surface area contributed by atoms with E-state index in [-0.39, 0.29) is 11.1 Å². The highest BCUT2D eigenvalue weighted by molar-refractivity contribution is 8.15. The van der Waals surface area contributed by atoms with Crippen LogP contribution in [-0.2, 0) is 11.2 Å². The van der Waals surface area contributed by atoms with Crippen LogP contribution in [0.3, 0.4) is 0 Å². The molecule has 8 heteroatoms. The smallest absolute Gasteiger partial charge is 0.293 e. The van der Waals surface area contributed by atoms with Gasteiger partial charge in [-0.3, -0.25) is 9.59 Å². The molecule has 0 N–H and O–H groups in total. The molecule has 0 radical (unpaired) electrons. The predicted molar refractivity (Wildman–Crippen MR) is 107 cm³/mol. The molecule has 1 heterocycles. The quantitative estimate of drug-likeness (QED) is 0.700. The predicted octanol–water partition coefficient (Wildman–Crippen LogP) is 3.53. The number of nitrogens with zero attached hydrogens (tertiary/aromatic N) is 1. The lowest BCUT2D eigenvalue weighted by Crippen LogP contribution is -2.32. The maximum absolute atomic E-state index is 13.0. The highest BCUT2D eigenvalue weighted by Crippen LogP contribution is 2.40. The van der Waals surface area contributed by atoms with Crippen LogP contribution in [0.4, 0.5) is 10.5 Å². The molecule has 28 heavy (non-hydrogen) atoms. The lowest BCUT2D eigenvalue weighted by Gasteiger charge is -2.18. The summed E-state index contributed by atoms with van der Waals surface area (Å²) in [4.78, 5) is 26.7. The lowest BCUT2D eigenvalue weighted by molar-refractivity contribution is -0.117. The minimum atomic E-state index is -0.579. The van der Waals surface area contributed by atoms with Crippen molar-refractivity contribution in [3.63, 3.8) is 0 Å². The number of hydrogen-bond acceptors (Lipinski definition) is 7. The minimum absolute atomic E-state index is 0.295. The maximum Gasteiger partial charge on any atom is 0.293 e. The summed E-state index contributed by atoms with van der Waals surface area (Å²) in [5, 5.41) is -0.914. The summed E-state index contributed by atoms with van der Waals surface area (Å²) in [7, 11) is 6.12. The van der Waals surface area contributed by atoms with Gasteiger partial charge in [0.2, 0.25) is 5.91 Å². The first-order chi connectivity index (χ1) is 13.5. The van der Waals surface area contributed by atoms with Gasteiger partial charge in [-0.2, -0.15) is 0 Å². The van der Waals surface area contributed by atoms with E-state index in [0.717, 1.165) is 17.3 Å². The van der Waals surface area contributed by atoms with Gasteiger partial charge in [0.15, 0.2) is 11.5 Å². The number of ether oxygens (including phenoxy) is 4. The first-order valence-electron chi connectivity index (χ1n) is 8.50. The Kier molecular flexibility index (Phi) is 5.99. The number of para-hydroxylation sites is 2. The highest BCUT2D eigenvalue weighted by atomic mass is 32.2. The van der Waals surface area contributed by atoms with E-state index in [2.05, 4.69) is 0 Å². The molecule has 3 rings (SSSR count). The fourth-order valence-electron chi connectivity index (χ4n) is 3.07. The summed E-state index contributed by atoms with van der Waals surface area (Å²) in [5.41, 5.74) is 1.19. The Balaban J connectivity index is 1.90. The van der Waals surface area contributed by atoms with Gasteiger partial charge in [-0.05, 0) is 30.2 Å². The van der Waals surface area contributed by atoms with E-state index in [9.17, 15) is 9.59 Å². The second-order valence-electron chi connectivity index (χ2n) is 5.94. The van der Waals surface area contributed by atoms with Crippen molar-refractivity contribution in [1.82, 2.24) is 0 Å². The molecular weight excluding hydrogens is 382 g/mol. The molecule has 2 aromatic carbocycles. The number of carbonyl (C=O) groups is 2. The summed E-state index contributed by atoms with van der Waals surface area (Å²) >= 11 is 0.988. The van der Waals surface area contributed by atoms with Crippen LogP contribution in [0.1, 0.15) is 5.56 Å². The Labute approximate surface area is 167 Å². The monoisotopic (exact) mass is 403 g/mol. The van der Waals surface area contributed by atoms with Crippen LogP contribution < -0.4 is 23.8 Å². The second kappa shape index (κ2) is 8.43. The number of methoxy groups -OCH3 is 4. The number of benzene rings is 2. The molecule has 1 saturated heterocycles. The Morgan fingerprint density at radius 3 is 2.11 bits per heavy atom. The summed E-state index contributed by atoms with van der Waals surface area (Å²) in [6, 6.07) is 10.4. The van der Waals surface area contributed by atoms with Crippen molar-refractivity contribution in [1.29, 1.82) is 0 Å². The Hall–Kier alpha value is -2.87. The minimum Gasteiger partial charge on any atom is -0.496 e. The first-order valence-corrected chi connectivity index (χ1v) is 9.38. The van der Waals surface area contributed by atoms with Crippen LogP contribution in [0.2, 0.25) is 0 Å². The third-order valence-electron chi connectivity index (χ3n) is 4.44. The van der Waals surface area contributed by atoms with Crippen molar-refractivity contribution >= 4 is 28.6 Å². The van der Waals surface area contributed by atoms with Crippen molar-refractivity contribution in [2.75, 3.05) is 33.3 Å². The third-order valence-corrected chi connectivity index (χ3v) is 5.48. The fraction of sp³-hybridized carbons (Fsp3) is 0.300. The van der Waals surface area contributed by atoms with Gasteiger partial charge in [0.05, 0.1) is 39.4 Å². The molecule has 2 aromatic rings. The molecule has 0 bridgehead atoms. The Bertz CT molecular complexity index is 900. The van der Waals surface area contributed by atoms with E-state index in [1.54, 1.807) is 43.5 Å². The van der Waals surface area contributed by atoms with Gasteiger partial charge in [0.1, 0.15) is 11.5 Å². The van der Waals surface area contributed by atoms with Gasteiger partial charge in [0.25, 0.3) is 5.24 Å². The van der Waals surface area contributed by atoms with Crippen LogP contribution >= 0.6 is 11.8 Å². The average Bonchev–Trinajstić information content (AvgIpc) is 3.00. The maximum atomic E-state index is 13.0. The molecule has 0 spiro atoms. The Morgan fingerprint density at radius 1 is 0.857 bits per heavy atom. The summed E-state index contributed by atoms with van der Waals surface area (Å²) in [6.45, 7) is 0. The van der Waals surface area contributed by atoms with E-state index in [4.69, 9.17) is 18.9 Å². The van der Waals surface area contributed by atoms with Gasteiger partial charge in [-0.1, -0.05) is 23.9 Å². The highest BCUT2D eigenvalue weighted by Gasteiger charge is 2.42. The number of hydrogen-bond donors (Lipinski definition) is 0. The van der Waals surface area contributed by atoms with Crippen molar-refractivity contribution in [2.45, 2.75) is 11.7 Å². The molecule has 7 nitrogen and oxygen atoms in total. The average molecular weight is 403 g/mol. The fourth-order valence-corrected chi connectivity index (χ4v) is 4.08. The molecular formula is C20H21NO6S. The van der Waals surface area contributed by atoms with Crippen LogP contribution in [0, 0.1) is 0 Å². The first kappa shape index (κ1) is 19.9. The zero-order chi connectivity index (χ0) is 20.3. The van der Waals surface area contributed by atoms with E-state index in [1.165, 1.54) is 26.2 Å². The van der Waals surface area contributed by atoms with Crippen molar-refractivity contribution < 1.29 is 28.5 Å². The van der Waals surface area contributed by atoms with Gasteiger partial charge in [-0.15, -0.1) is 0 Å². The van der Waals surface area contributed by atoms with E-state index >= 15 is 0 Å². The number of thioether (sulfide) groups is 1. The van der Waals surface area contributed by atoms with Crippen LogP contribution in [0.5, 0.6) is 23.0 Å². The summed E-state index contributed by atoms with van der Waals surface area (Å²) < 4.78 is 21.4. The summed E-state index contributed by atoms with van der Waals surface area (Å²) in [6.07, 6.45) is 0.310. The van der Waals surface area contributed by atoms with E-state index in [1.807, 2.05) is 0 Å². The van der Waals surface area contributed by atoms with Crippen LogP contribution in [-0.4, -0.2) is 44.8 Å². The lowest BCUT2D eigenvalue weighted by atomic mass is 10.1. The van der Waals surface area contributed by atoms with Gasteiger partial charge in [-0.25, -0.2) is 4.90 Å². The van der Waals surface area contributed by atoms with Crippen LogP contribution in [0.15, 0.2) is 36.4 Å². The molecule has 148 valence electrons. The zero-order valence-electron chi connectivity index (χ0n) is 16.1. The molecule has 0 aliphatic carbocycles.